The van der Waals surface area contributed by atoms with Gasteiger partial charge in [-0.15, -0.1) is 0 Å². The first kappa shape index (κ1) is 17.1. The molecule has 0 saturated heterocycles. The number of imidazole rings is 1. The van der Waals surface area contributed by atoms with Crippen molar-refractivity contribution in [3.05, 3.63) is 52.5 Å². The molecular formula is C13H15N3O6S. The van der Waals surface area contributed by atoms with Crippen LogP contribution in [0.25, 0.3) is 0 Å². The summed E-state index contributed by atoms with van der Waals surface area (Å²) in [6.45, 7) is 1.09. The second-order valence-electron chi connectivity index (χ2n) is 4.87. The van der Waals surface area contributed by atoms with Gasteiger partial charge in [0.25, 0.3) is 10.1 Å². The quantitative estimate of drug-likeness (QED) is 0.450. The van der Waals surface area contributed by atoms with Crippen LogP contribution in [-0.2, 0) is 20.8 Å². The third-order valence-electron chi connectivity index (χ3n) is 3.01. The molecule has 0 radical (unpaired) electrons. The summed E-state index contributed by atoms with van der Waals surface area (Å²) in [7, 11) is -4.00. The van der Waals surface area contributed by atoms with E-state index in [9.17, 15) is 23.6 Å². The Morgan fingerprint density at radius 2 is 2.04 bits per heavy atom. The zero-order valence-electron chi connectivity index (χ0n) is 12.2. The molecule has 2 rings (SSSR count). The highest BCUT2D eigenvalue weighted by Gasteiger charge is 2.21. The molecule has 0 aliphatic rings. The molecule has 1 heterocycles. The third-order valence-corrected chi connectivity index (χ3v) is 4.31. The van der Waals surface area contributed by atoms with E-state index in [0.717, 1.165) is 16.3 Å². The van der Waals surface area contributed by atoms with Crippen molar-refractivity contribution in [1.82, 2.24) is 9.55 Å². The summed E-state index contributed by atoms with van der Waals surface area (Å²) in [6.07, 6.45) is 0.968. The van der Waals surface area contributed by atoms with Crippen LogP contribution in [-0.4, -0.2) is 40.7 Å². The third kappa shape index (κ3) is 4.34. The van der Waals surface area contributed by atoms with Gasteiger partial charge in [-0.05, 0) is 24.0 Å². The molecule has 0 amide bonds. The minimum absolute atomic E-state index is 0.0242. The molecule has 23 heavy (non-hydrogen) atoms. The fourth-order valence-electron chi connectivity index (χ4n) is 1.83. The van der Waals surface area contributed by atoms with Gasteiger partial charge in [0.1, 0.15) is 18.8 Å². The predicted molar refractivity (Wildman–Crippen MR) is 79.2 cm³/mol. The second kappa shape index (κ2) is 6.86. The highest BCUT2D eigenvalue weighted by Crippen LogP contribution is 2.15. The SMILES string of the molecule is Cc1ccc(S(=O)(=O)OCC(O)Cn2cncc2[N+](=O)[O-])cc1. The normalized spacial score (nSPS) is 13.0. The van der Waals surface area contributed by atoms with E-state index in [4.69, 9.17) is 4.18 Å². The van der Waals surface area contributed by atoms with Crippen LogP contribution in [0.4, 0.5) is 5.82 Å². The maximum atomic E-state index is 12.0. The number of aromatic nitrogens is 2. The number of hydrogen-bond donors (Lipinski definition) is 1. The van der Waals surface area contributed by atoms with Crippen molar-refractivity contribution in [3.63, 3.8) is 0 Å². The van der Waals surface area contributed by atoms with Crippen molar-refractivity contribution >= 4 is 15.9 Å². The first-order chi connectivity index (χ1) is 10.8. The molecule has 10 heteroatoms. The maximum absolute atomic E-state index is 12.0. The Morgan fingerprint density at radius 3 is 2.65 bits per heavy atom. The smallest absolute Gasteiger partial charge is 0.342 e. The molecule has 1 unspecified atom stereocenters. The van der Waals surface area contributed by atoms with E-state index in [0.29, 0.717) is 0 Å². The number of nitrogens with zero attached hydrogens (tertiary/aromatic N) is 3. The lowest BCUT2D eigenvalue weighted by Gasteiger charge is -2.10. The Morgan fingerprint density at radius 1 is 1.39 bits per heavy atom. The highest BCUT2D eigenvalue weighted by atomic mass is 32.2. The lowest BCUT2D eigenvalue weighted by molar-refractivity contribution is -0.392. The first-order valence-electron chi connectivity index (χ1n) is 6.58. The van der Waals surface area contributed by atoms with Crippen molar-refractivity contribution in [3.8, 4) is 0 Å². The van der Waals surface area contributed by atoms with Crippen LogP contribution < -0.4 is 0 Å². The molecule has 2 aromatic rings. The molecular weight excluding hydrogens is 326 g/mol. The summed E-state index contributed by atoms with van der Waals surface area (Å²) in [5, 5.41) is 20.6. The minimum atomic E-state index is -4.00. The molecule has 0 saturated carbocycles. The summed E-state index contributed by atoms with van der Waals surface area (Å²) in [5.41, 5.74) is 0.899. The molecule has 1 aromatic carbocycles. The Kier molecular flexibility index (Phi) is 5.08. The zero-order chi connectivity index (χ0) is 17.0. The van der Waals surface area contributed by atoms with Gasteiger partial charge in [-0.25, -0.2) is 9.55 Å². The van der Waals surface area contributed by atoms with E-state index in [1.165, 1.54) is 18.5 Å². The average molecular weight is 341 g/mol. The van der Waals surface area contributed by atoms with E-state index in [1.807, 2.05) is 6.92 Å². The lowest BCUT2D eigenvalue weighted by Crippen LogP contribution is -2.24. The van der Waals surface area contributed by atoms with Gasteiger partial charge < -0.3 is 15.2 Å². The van der Waals surface area contributed by atoms with Gasteiger partial charge in [-0.3, -0.25) is 4.18 Å². The van der Waals surface area contributed by atoms with E-state index < -0.39 is 27.8 Å². The number of aryl methyl sites for hydroxylation is 1. The van der Waals surface area contributed by atoms with Gasteiger partial charge in [0.05, 0.1) is 11.5 Å². The molecule has 0 fully saturated rings. The Bertz CT molecular complexity index is 784. The van der Waals surface area contributed by atoms with Crippen molar-refractivity contribution in [1.29, 1.82) is 0 Å². The summed E-state index contributed by atoms with van der Waals surface area (Å²) < 4.78 is 29.8. The van der Waals surface area contributed by atoms with Gasteiger partial charge in [-0.1, -0.05) is 17.7 Å². The van der Waals surface area contributed by atoms with Gasteiger partial charge in [0, 0.05) is 0 Å². The van der Waals surface area contributed by atoms with Gasteiger partial charge in [0.2, 0.25) is 0 Å². The molecule has 0 spiro atoms. The van der Waals surface area contributed by atoms with Crippen molar-refractivity contribution < 1.29 is 22.6 Å². The molecule has 9 nitrogen and oxygen atoms in total. The number of rotatable bonds is 7. The van der Waals surface area contributed by atoms with E-state index in [-0.39, 0.29) is 17.3 Å². The first-order valence-corrected chi connectivity index (χ1v) is 7.99. The monoisotopic (exact) mass is 341 g/mol. The van der Waals surface area contributed by atoms with E-state index in [2.05, 4.69) is 4.98 Å². The highest BCUT2D eigenvalue weighted by molar-refractivity contribution is 7.86. The van der Waals surface area contributed by atoms with Gasteiger partial charge in [0.15, 0.2) is 6.33 Å². The van der Waals surface area contributed by atoms with E-state index in [1.54, 1.807) is 12.1 Å². The number of hydrogen-bond acceptors (Lipinski definition) is 7. The van der Waals surface area contributed by atoms with Crippen molar-refractivity contribution in [2.75, 3.05) is 6.61 Å². The van der Waals surface area contributed by atoms with Crippen LogP contribution in [0.2, 0.25) is 0 Å². The largest absolute Gasteiger partial charge is 0.387 e. The predicted octanol–water partition coefficient (Wildman–Crippen LogP) is 0.866. The number of nitro groups is 1. The Hall–Kier alpha value is -2.30. The van der Waals surface area contributed by atoms with Crippen LogP contribution in [0, 0.1) is 17.0 Å². The molecule has 1 N–H and O–H groups in total. The summed E-state index contributed by atoms with van der Waals surface area (Å²) in [5.74, 6) is -0.301. The number of benzene rings is 1. The molecule has 0 aliphatic heterocycles. The molecule has 1 aromatic heterocycles. The zero-order valence-corrected chi connectivity index (χ0v) is 13.0. The summed E-state index contributed by atoms with van der Waals surface area (Å²) in [6, 6.07) is 6.05. The molecule has 0 bridgehead atoms. The van der Waals surface area contributed by atoms with Gasteiger partial charge in [-0.2, -0.15) is 8.42 Å². The standard InChI is InChI=1S/C13H15N3O6S/c1-10-2-4-12(5-3-10)23(20,21)22-8-11(17)7-15-9-14-6-13(15)16(18)19/h2-6,9,11,17H,7-8H2,1H3. The Balaban J connectivity index is 1.98. The molecule has 1 atom stereocenters. The van der Waals surface area contributed by atoms with Gasteiger partial charge >= 0.3 is 5.82 Å². The van der Waals surface area contributed by atoms with Crippen LogP contribution in [0.15, 0.2) is 41.7 Å². The fourth-order valence-corrected chi connectivity index (χ4v) is 2.77. The Labute approximate surface area is 132 Å². The molecule has 124 valence electrons. The summed E-state index contributed by atoms with van der Waals surface area (Å²) in [4.78, 5) is 13.7. The van der Waals surface area contributed by atoms with Crippen molar-refractivity contribution in [2.24, 2.45) is 0 Å². The van der Waals surface area contributed by atoms with Crippen LogP contribution in [0.3, 0.4) is 0 Å². The van der Waals surface area contributed by atoms with Crippen LogP contribution in [0.5, 0.6) is 0 Å². The summed E-state index contributed by atoms with van der Waals surface area (Å²) >= 11 is 0. The number of aliphatic hydroxyl groups excluding tert-OH is 1. The topological polar surface area (TPSA) is 125 Å². The lowest BCUT2D eigenvalue weighted by atomic mass is 10.2. The fraction of sp³-hybridized carbons (Fsp3) is 0.308. The second-order valence-corrected chi connectivity index (χ2v) is 6.48. The maximum Gasteiger partial charge on any atom is 0.342 e. The van der Waals surface area contributed by atoms with Crippen LogP contribution >= 0.6 is 0 Å². The number of aliphatic hydroxyl groups is 1. The average Bonchev–Trinajstić information content (AvgIpc) is 2.94. The van der Waals surface area contributed by atoms with Crippen LogP contribution in [0.1, 0.15) is 5.56 Å². The minimum Gasteiger partial charge on any atom is -0.387 e. The molecule has 0 aliphatic carbocycles. The van der Waals surface area contributed by atoms with Crippen molar-refractivity contribution in [2.45, 2.75) is 24.5 Å². The van der Waals surface area contributed by atoms with E-state index >= 15 is 0 Å².